The molecule has 0 aliphatic rings. The molecule has 84 valence electrons. The predicted octanol–water partition coefficient (Wildman–Crippen LogP) is 2.25. The maximum Gasteiger partial charge on any atom is 0.159 e. The Hall–Kier alpha value is -1.16. The Morgan fingerprint density at radius 2 is 2.20 bits per heavy atom. The zero-order valence-corrected chi connectivity index (χ0v) is 9.82. The molecule has 0 aromatic carbocycles. The largest absolute Gasteiger partial charge is 0.373 e. The van der Waals surface area contributed by atoms with Crippen LogP contribution in [-0.4, -0.2) is 23.6 Å². The highest BCUT2D eigenvalue weighted by Crippen LogP contribution is 2.23. The van der Waals surface area contributed by atoms with E-state index in [0.29, 0.717) is 12.5 Å². The second-order valence-electron chi connectivity index (χ2n) is 3.67. The molecule has 1 aromatic rings. The molecular weight excluding hydrogens is 190 g/mol. The summed E-state index contributed by atoms with van der Waals surface area (Å²) in [6.07, 6.45) is 1.73. The standard InChI is InChI=1S/C11H19N3O/c1-5-15-10(8(2)3)11-13-7-6-9(12-4)14-11/h6-8,10H,5H2,1-4H3,(H,12,13,14). The maximum absolute atomic E-state index is 5.64. The zero-order chi connectivity index (χ0) is 11.3. The van der Waals surface area contributed by atoms with Gasteiger partial charge in [-0.15, -0.1) is 0 Å². The van der Waals surface area contributed by atoms with E-state index >= 15 is 0 Å². The van der Waals surface area contributed by atoms with Gasteiger partial charge >= 0.3 is 0 Å². The summed E-state index contributed by atoms with van der Waals surface area (Å²) in [4.78, 5) is 8.64. The molecule has 0 saturated heterocycles. The molecule has 15 heavy (non-hydrogen) atoms. The summed E-state index contributed by atoms with van der Waals surface area (Å²) < 4.78 is 5.64. The maximum atomic E-state index is 5.64. The molecule has 0 spiro atoms. The lowest BCUT2D eigenvalue weighted by Crippen LogP contribution is -2.15. The molecule has 1 atom stereocenters. The van der Waals surface area contributed by atoms with Crippen LogP contribution in [0.4, 0.5) is 5.82 Å². The lowest BCUT2D eigenvalue weighted by molar-refractivity contribution is 0.0233. The van der Waals surface area contributed by atoms with Crippen LogP contribution in [0.15, 0.2) is 12.3 Å². The first-order valence-corrected chi connectivity index (χ1v) is 5.31. The number of hydrogen-bond donors (Lipinski definition) is 1. The molecule has 1 heterocycles. The smallest absolute Gasteiger partial charge is 0.159 e. The average Bonchev–Trinajstić information content (AvgIpc) is 2.25. The first-order valence-electron chi connectivity index (χ1n) is 5.31. The van der Waals surface area contributed by atoms with Crippen molar-refractivity contribution in [2.75, 3.05) is 19.0 Å². The van der Waals surface area contributed by atoms with Crippen molar-refractivity contribution < 1.29 is 4.74 Å². The van der Waals surface area contributed by atoms with E-state index in [1.165, 1.54) is 0 Å². The fourth-order valence-electron chi connectivity index (χ4n) is 1.39. The topological polar surface area (TPSA) is 47.0 Å². The van der Waals surface area contributed by atoms with Gasteiger partial charge in [0.05, 0.1) is 0 Å². The molecule has 4 nitrogen and oxygen atoms in total. The van der Waals surface area contributed by atoms with Crippen LogP contribution in [0.1, 0.15) is 32.7 Å². The minimum absolute atomic E-state index is 0.0247. The summed E-state index contributed by atoms with van der Waals surface area (Å²) >= 11 is 0. The fourth-order valence-corrected chi connectivity index (χ4v) is 1.39. The van der Waals surface area contributed by atoms with Crippen molar-refractivity contribution in [2.45, 2.75) is 26.9 Å². The molecule has 0 aliphatic carbocycles. The van der Waals surface area contributed by atoms with Gasteiger partial charge in [-0.1, -0.05) is 13.8 Å². The molecule has 0 aliphatic heterocycles. The molecule has 1 rings (SSSR count). The highest BCUT2D eigenvalue weighted by atomic mass is 16.5. The van der Waals surface area contributed by atoms with Crippen LogP contribution in [0.25, 0.3) is 0 Å². The van der Waals surface area contributed by atoms with E-state index < -0.39 is 0 Å². The van der Waals surface area contributed by atoms with E-state index in [1.807, 2.05) is 20.0 Å². The van der Waals surface area contributed by atoms with Crippen molar-refractivity contribution in [1.82, 2.24) is 9.97 Å². The average molecular weight is 209 g/mol. The number of ether oxygens (including phenoxy) is 1. The molecule has 1 N–H and O–H groups in total. The van der Waals surface area contributed by atoms with Crippen LogP contribution in [0.2, 0.25) is 0 Å². The molecule has 0 amide bonds. The quantitative estimate of drug-likeness (QED) is 0.808. The van der Waals surface area contributed by atoms with E-state index in [-0.39, 0.29) is 6.10 Å². The first-order chi connectivity index (χ1) is 7.19. The van der Waals surface area contributed by atoms with E-state index in [4.69, 9.17) is 4.74 Å². The van der Waals surface area contributed by atoms with Crippen LogP contribution in [0, 0.1) is 5.92 Å². The normalized spacial score (nSPS) is 12.9. The van der Waals surface area contributed by atoms with Gasteiger partial charge in [0, 0.05) is 19.9 Å². The van der Waals surface area contributed by atoms with Crippen molar-refractivity contribution in [3.63, 3.8) is 0 Å². The Bertz CT molecular complexity index is 302. The van der Waals surface area contributed by atoms with E-state index in [2.05, 4.69) is 29.1 Å². The summed E-state index contributed by atoms with van der Waals surface area (Å²) in [6.45, 7) is 6.87. The lowest BCUT2D eigenvalue weighted by Gasteiger charge is -2.19. The van der Waals surface area contributed by atoms with Gasteiger partial charge in [0.15, 0.2) is 5.82 Å². The minimum atomic E-state index is -0.0247. The first kappa shape index (κ1) is 11.9. The Kier molecular flexibility index (Phi) is 4.49. The van der Waals surface area contributed by atoms with Crippen molar-refractivity contribution in [3.05, 3.63) is 18.1 Å². The third-order valence-electron chi connectivity index (χ3n) is 2.14. The Balaban J connectivity index is 2.89. The summed E-state index contributed by atoms with van der Waals surface area (Å²) in [7, 11) is 1.84. The third kappa shape index (κ3) is 3.16. The van der Waals surface area contributed by atoms with Crippen LogP contribution in [0.5, 0.6) is 0 Å². The van der Waals surface area contributed by atoms with Crippen LogP contribution >= 0.6 is 0 Å². The van der Waals surface area contributed by atoms with Gasteiger partial charge in [0.2, 0.25) is 0 Å². The lowest BCUT2D eigenvalue weighted by atomic mass is 10.1. The molecule has 0 bridgehead atoms. The number of rotatable bonds is 5. The number of nitrogens with one attached hydrogen (secondary N) is 1. The predicted molar refractivity (Wildman–Crippen MR) is 60.8 cm³/mol. The van der Waals surface area contributed by atoms with Gasteiger partial charge in [-0.25, -0.2) is 9.97 Å². The van der Waals surface area contributed by atoms with Gasteiger partial charge in [-0.3, -0.25) is 0 Å². The molecule has 0 saturated carbocycles. The summed E-state index contributed by atoms with van der Waals surface area (Å²) in [5, 5.41) is 3.00. The van der Waals surface area contributed by atoms with Crippen molar-refractivity contribution >= 4 is 5.82 Å². The van der Waals surface area contributed by atoms with Gasteiger partial charge in [-0.05, 0) is 18.9 Å². The Morgan fingerprint density at radius 3 is 2.73 bits per heavy atom. The van der Waals surface area contributed by atoms with Crippen molar-refractivity contribution in [2.24, 2.45) is 5.92 Å². The Morgan fingerprint density at radius 1 is 1.47 bits per heavy atom. The van der Waals surface area contributed by atoms with Crippen LogP contribution in [0.3, 0.4) is 0 Å². The molecule has 4 heteroatoms. The summed E-state index contributed by atoms with van der Waals surface area (Å²) in [5.74, 6) is 1.95. The molecule has 0 radical (unpaired) electrons. The van der Waals surface area contributed by atoms with E-state index in [0.717, 1.165) is 11.6 Å². The monoisotopic (exact) mass is 209 g/mol. The van der Waals surface area contributed by atoms with Gasteiger partial charge in [-0.2, -0.15) is 0 Å². The third-order valence-corrected chi connectivity index (χ3v) is 2.14. The number of nitrogens with zero attached hydrogens (tertiary/aromatic N) is 2. The van der Waals surface area contributed by atoms with Crippen LogP contribution < -0.4 is 5.32 Å². The fraction of sp³-hybridized carbons (Fsp3) is 0.636. The zero-order valence-electron chi connectivity index (χ0n) is 9.82. The summed E-state index contributed by atoms with van der Waals surface area (Å²) in [6, 6.07) is 1.84. The second-order valence-corrected chi connectivity index (χ2v) is 3.67. The number of aromatic nitrogens is 2. The molecule has 1 unspecified atom stereocenters. The van der Waals surface area contributed by atoms with Gasteiger partial charge in [0.1, 0.15) is 11.9 Å². The molecule has 0 fully saturated rings. The number of anilines is 1. The van der Waals surface area contributed by atoms with Gasteiger partial charge < -0.3 is 10.1 Å². The minimum Gasteiger partial charge on any atom is -0.373 e. The highest BCUT2D eigenvalue weighted by molar-refractivity contribution is 5.31. The van der Waals surface area contributed by atoms with Crippen molar-refractivity contribution in [1.29, 1.82) is 0 Å². The summed E-state index contributed by atoms with van der Waals surface area (Å²) in [5.41, 5.74) is 0. The SMILES string of the molecule is CCOC(c1nccc(NC)n1)C(C)C. The second kappa shape index (κ2) is 5.66. The van der Waals surface area contributed by atoms with E-state index in [9.17, 15) is 0 Å². The number of hydrogen-bond acceptors (Lipinski definition) is 4. The van der Waals surface area contributed by atoms with Crippen molar-refractivity contribution in [3.8, 4) is 0 Å². The highest BCUT2D eigenvalue weighted by Gasteiger charge is 2.18. The van der Waals surface area contributed by atoms with Gasteiger partial charge in [0.25, 0.3) is 0 Å². The van der Waals surface area contributed by atoms with Crippen LogP contribution in [-0.2, 0) is 4.74 Å². The molecular formula is C11H19N3O. The molecule has 1 aromatic heterocycles. The Labute approximate surface area is 91.1 Å². The van der Waals surface area contributed by atoms with E-state index in [1.54, 1.807) is 6.20 Å².